The van der Waals surface area contributed by atoms with Gasteiger partial charge in [-0.1, -0.05) is 13.3 Å². The Morgan fingerprint density at radius 1 is 1.47 bits per heavy atom. The number of urea groups is 1. The minimum atomic E-state index is -1.04. The Morgan fingerprint density at radius 2 is 2.16 bits per heavy atom. The van der Waals surface area contributed by atoms with Crippen molar-refractivity contribution in [3.05, 3.63) is 17.8 Å². The first-order valence-corrected chi connectivity index (χ1v) is 6.16. The Kier molecular flexibility index (Phi) is 5.35. The number of aryl methyl sites for hydroxylation is 1. The average Bonchev–Trinajstić information content (AvgIpc) is 2.75. The standard InChI is InChI=1S/C12H19N3O4/c1-4-5-9(11(16)17)15-12(18)14-8(3)10-13-6-7(2)19-10/h6,8-9H,4-5H2,1-3H3,(H,16,17)(H2,14,15,18). The third-order valence-corrected chi connectivity index (χ3v) is 2.54. The first kappa shape index (κ1) is 15.0. The van der Waals surface area contributed by atoms with Gasteiger partial charge in [-0.25, -0.2) is 14.6 Å². The lowest BCUT2D eigenvalue weighted by atomic mass is 10.2. The molecule has 2 amide bonds. The molecule has 0 bridgehead atoms. The molecule has 0 saturated carbocycles. The summed E-state index contributed by atoms with van der Waals surface area (Å²) in [5.41, 5.74) is 0. The van der Waals surface area contributed by atoms with E-state index in [0.29, 0.717) is 24.5 Å². The highest BCUT2D eigenvalue weighted by Crippen LogP contribution is 2.11. The highest BCUT2D eigenvalue weighted by Gasteiger charge is 2.21. The molecule has 2 atom stereocenters. The zero-order valence-electron chi connectivity index (χ0n) is 11.3. The van der Waals surface area contributed by atoms with Crippen molar-refractivity contribution < 1.29 is 19.1 Å². The van der Waals surface area contributed by atoms with Crippen LogP contribution in [0.5, 0.6) is 0 Å². The Morgan fingerprint density at radius 3 is 2.63 bits per heavy atom. The summed E-state index contributed by atoms with van der Waals surface area (Å²) in [7, 11) is 0. The number of carbonyl (C=O) groups excluding carboxylic acids is 1. The van der Waals surface area contributed by atoms with Crippen LogP contribution in [-0.4, -0.2) is 28.1 Å². The van der Waals surface area contributed by atoms with Crippen molar-refractivity contribution in [1.82, 2.24) is 15.6 Å². The van der Waals surface area contributed by atoms with E-state index in [1.54, 1.807) is 20.0 Å². The fourth-order valence-electron chi connectivity index (χ4n) is 1.58. The minimum absolute atomic E-state index is 0.384. The smallest absolute Gasteiger partial charge is 0.326 e. The second-order valence-corrected chi connectivity index (χ2v) is 4.33. The number of aliphatic carboxylic acids is 1. The van der Waals surface area contributed by atoms with E-state index in [1.165, 1.54) is 0 Å². The second-order valence-electron chi connectivity index (χ2n) is 4.33. The first-order valence-electron chi connectivity index (χ1n) is 6.16. The van der Waals surface area contributed by atoms with E-state index in [0.717, 1.165) is 0 Å². The van der Waals surface area contributed by atoms with Crippen molar-refractivity contribution in [2.24, 2.45) is 0 Å². The fourth-order valence-corrected chi connectivity index (χ4v) is 1.58. The van der Waals surface area contributed by atoms with Crippen molar-refractivity contribution in [3.63, 3.8) is 0 Å². The van der Waals surface area contributed by atoms with Crippen LogP contribution in [0.2, 0.25) is 0 Å². The summed E-state index contributed by atoms with van der Waals surface area (Å²) in [4.78, 5) is 26.6. The van der Waals surface area contributed by atoms with E-state index in [4.69, 9.17) is 9.52 Å². The van der Waals surface area contributed by atoms with E-state index in [1.807, 2.05) is 6.92 Å². The quantitative estimate of drug-likeness (QED) is 0.727. The summed E-state index contributed by atoms with van der Waals surface area (Å²) < 4.78 is 5.28. The maximum absolute atomic E-state index is 11.7. The van der Waals surface area contributed by atoms with Crippen LogP contribution in [0.25, 0.3) is 0 Å². The summed E-state index contributed by atoms with van der Waals surface area (Å²) in [6.45, 7) is 5.32. The maximum atomic E-state index is 11.7. The van der Waals surface area contributed by atoms with Crippen LogP contribution in [0.1, 0.15) is 44.4 Å². The number of carbonyl (C=O) groups is 2. The van der Waals surface area contributed by atoms with E-state index in [2.05, 4.69) is 15.6 Å². The molecule has 1 heterocycles. The van der Waals surface area contributed by atoms with Gasteiger partial charge in [0, 0.05) is 0 Å². The van der Waals surface area contributed by atoms with Gasteiger partial charge in [-0.15, -0.1) is 0 Å². The number of aromatic nitrogens is 1. The number of nitrogens with one attached hydrogen (secondary N) is 2. The van der Waals surface area contributed by atoms with Crippen LogP contribution in [0.3, 0.4) is 0 Å². The molecule has 0 saturated heterocycles. The largest absolute Gasteiger partial charge is 0.480 e. The van der Waals surface area contributed by atoms with Crippen molar-refractivity contribution in [1.29, 1.82) is 0 Å². The minimum Gasteiger partial charge on any atom is -0.480 e. The van der Waals surface area contributed by atoms with Gasteiger partial charge in [0.15, 0.2) is 0 Å². The molecule has 0 aliphatic rings. The molecule has 0 aromatic carbocycles. The number of amides is 2. The summed E-state index contributed by atoms with van der Waals surface area (Å²) in [5.74, 6) is -0.00917. The lowest BCUT2D eigenvalue weighted by molar-refractivity contribution is -0.139. The number of nitrogens with zero attached hydrogens (tertiary/aromatic N) is 1. The first-order chi connectivity index (χ1) is 8.93. The molecule has 1 aromatic rings. The van der Waals surface area contributed by atoms with Crippen molar-refractivity contribution in [3.8, 4) is 0 Å². The number of carboxylic acid groups (broad SMARTS) is 1. The molecule has 106 valence electrons. The van der Waals surface area contributed by atoms with Crippen LogP contribution in [0.4, 0.5) is 4.79 Å². The molecule has 3 N–H and O–H groups in total. The third kappa shape index (κ3) is 4.61. The van der Waals surface area contributed by atoms with Gasteiger partial charge in [-0.3, -0.25) is 0 Å². The van der Waals surface area contributed by atoms with Crippen molar-refractivity contribution >= 4 is 12.0 Å². The molecule has 2 unspecified atom stereocenters. The van der Waals surface area contributed by atoms with Crippen LogP contribution < -0.4 is 10.6 Å². The van der Waals surface area contributed by atoms with Gasteiger partial charge in [0.1, 0.15) is 17.8 Å². The van der Waals surface area contributed by atoms with E-state index >= 15 is 0 Å². The zero-order valence-corrected chi connectivity index (χ0v) is 11.3. The SMILES string of the molecule is CCCC(NC(=O)NC(C)c1ncc(C)o1)C(=O)O. The summed E-state index contributed by atoms with van der Waals surface area (Å²) in [6, 6.07) is -1.86. The van der Waals surface area contributed by atoms with Crippen molar-refractivity contribution in [2.75, 3.05) is 0 Å². The van der Waals surface area contributed by atoms with Gasteiger partial charge in [-0.2, -0.15) is 0 Å². The monoisotopic (exact) mass is 269 g/mol. The van der Waals surface area contributed by atoms with E-state index < -0.39 is 24.1 Å². The second kappa shape index (κ2) is 6.77. The molecule has 0 radical (unpaired) electrons. The lowest BCUT2D eigenvalue weighted by Crippen LogP contribution is -2.46. The number of oxazole rings is 1. The molecule has 19 heavy (non-hydrogen) atoms. The molecule has 7 nitrogen and oxygen atoms in total. The van der Waals surface area contributed by atoms with E-state index in [-0.39, 0.29) is 0 Å². The fraction of sp³-hybridized carbons (Fsp3) is 0.583. The van der Waals surface area contributed by atoms with Gasteiger partial charge in [-0.05, 0) is 20.3 Å². The number of hydrogen-bond donors (Lipinski definition) is 3. The maximum Gasteiger partial charge on any atom is 0.326 e. The number of hydrogen-bond acceptors (Lipinski definition) is 4. The predicted molar refractivity (Wildman–Crippen MR) is 67.7 cm³/mol. The molecule has 1 aromatic heterocycles. The Bertz CT molecular complexity index is 444. The van der Waals surface area contributed by atoms with Crippen LogP contribution >= 0.6 is 0 Å². The summed E-state index contributed by atoms with van der Waals surface area (Å²) in [5, 5.41) is 13.9. The summed E-state index contributed by atoms with van der Waals surface area (Å²) in [6.07, 6.45) is 2.61. The third-order valence-electron chi connectivity index (χ3n) is 2.54. The molecule has 0 aliphatic carbocycles. The zero-order chi connectivity index (χ0) is 14.4. The molecule has 0 spiro atoms. The highest BCUT2D eigenvalue weighted by atomic mass is 16.4. The predicted octanol–water partition coefficient (Wildman–Crippen LogP) is 1.60. The average molecular weight is 269 g/mol. The Labute approximate surface area is 111 Å². The topological polar surface area (TPSA) is 104 Å². The van der Waals surface area contributed by atoms with Crippen LogP contribution in [0.15, 0.2) is 10.6 Å². The highest BCUT2D eigenvalue weighted by molar-refractivity contribution is 5.82. The normalized spacial score (nSPS) is 13.6. The van der Waals surface area contributed by atoms with Gasteiger partial charge in [0.2, 0.25) is 5.89 Å². The molecular weight excluding hydrogens is 250 g/mol. The van der Waals surface area contributed by atoms with Crippen LogP contribution in [-0.2, 0) is 4.79 Å². The number of rotatable bonds is 6. The molecule has 0 fully saturated rings. The Balaban J connectivity index is 2.52. The molecule has 7 heteroatoms. The van der Waals surface area contributed by atoms with Crippen LogP contribution in [0, 0.1) is 6.92 Å². The van der Waals surface area contributed by atoms with Gasteiger partial charge in [0.25, 0.3) is 0 Å². The van der Waals surface area contributed by atoms with E-state index in [9.17, 15) is 9.59 Å². The van der Waals surface area contributed by atoms with Crippen molar-refractivity contribution in [2.45, 2.75) is 45.7 Å². The van der Waals surface area contributed by atoms with Gasteiger partial charge >= 0.3 is 12.0 Å². The Hall–Kier alpha value is -2.05. The summed E-state index contributed by atoms with van der Waals surface area (Å²) >= 11 is 0. The number of carboxylic acids is 1. The molecular formula is C12H19N3O4. The van der Waals surface area contributed by atoms with Gasteiger partial charge in [0.05, 0.1) is 6.20 Å². The lowest BCUT2D eigenvalue weighted by Gasteiger charge is -2.16. The molecule has 1 rings (SSSR count). The molecule has 0 aliphatic heterocycles. The van der Waals surface area contributed by atoms with Gasteiger partial charge < -0.3 is 20.2 Å².